The third-order valence-electron chi connectivity index (χ3n) is 2.98. The highest BCUT2D eigenvalue weighted by molar-refractivity contribution is 5.88. The van der Waals surface area contributed by atoms with Gasteiger partial charge < -0.3 is 11.1 Å². The number of hydrogen-bond donors (Lipinski definition) is 3. The van der Waals surface area contributed by atoms with E-state index in [9.17, 15) is 9.59 Å². The first-order valence-electron chi connectivity index (χ1n) is 6.18. The summed E-state index contributed by atoms with van der Waals surface area (Å²) in [5, 5.41) is 2.60. The Morgan fingerprint density at radius 1 is 1.47 bits per heavy atom. The van der Waals surface area contributed by atoms with Crippen LogP contribution in [0.15, 0.2) is 30.3 Å². The Morgan fingerprint density at radius 3 is 2.84 bits per heavy atom. The molecular weight excluding hydrogens is 246 g/mol. The highest BCUT2D eigenvalue weighted by Gasteiger charge is 2.26. The van der Waals surface area contributed by atoms with Crippen molar-refractivity contribution in [3.8, 4) is 0 Å². The van der Waals surface area contributed by atoms with Gasteiger partial charge in [-0.05, 0) is 12.0 Å². The maximum atomic E-state index is 11.7. The smallest absolute Gasteiger partial charge is 0.268 e. The number of nitrogens with one attached hydrogen (secondary N) is 2. The van der Waals surface area contributed by atoms with Gasteiger partial charge in [0.25, 0.3) is 5.91 Å². The fraction of sp³-hybridized carbons (Fsp3) is 0.385. The van der Waals surface area contributed by atoms with Crippen molar-refractivity contribution in [2.75, 3.05) is 6.61 Å². The molecule has 1 unspecified atom stereocenters. The molecule has 19 heavy (non-hydrogen) atoms. The Hall–Kier alpha value is -1.92. The quantitative estimate of drug-likeness (QED) is 0.697. The van der Waals surface area contributed by atoms with Crippen molar-refractivity contribution in [2.45, 2.75) is 24.9 Å². The third kappa shape index (κ3) is 3.77. The fourth-order valence-electron chi connectivity index (χ4n) is 1.87. The molecule has 0 aliphatic carbocycles. The van der Waals surface area contributed by atoms with E-state index in [1.54, 1.807) is 0 Å². The van der Waals surface area contributed by atoms with E-state index >= 15 is 0 Å². The third-order valence-corrected chi connectivity index (χ3v) is 2.98. The summed E-state index contributed by atoms with van der Waals surface area (Å²) in [7, 11) is 0. The molecule has 4 N–H and O–H groups in total. The number of benzene rings is 1. The van der Waals surface area contributed by atoms with E-state index < -0.39 is 6.04 Å². The molecule has 0 spiro atoms. The average molecular weight is 263 g/mol. The van der Waals surface area contributed by atoms with Crippen LogP contribution in [0.5, 0.6) is 0 Å². The van der Waals surface area contributed by atoms with Crippen LogP contribution in [0.2, 0.25) is 0 Å². The minimum absolute atomic E-state index is 0.162. The van der Waals surface area contributed by atoms with Gasteiger partial charge in [0.05, 0.1) is 0 Å². The van der Waals surface area contributed by atoms with Gasteiger partial charge in [-0.15, -0.1) is 0 Å². The Kier molecular flexibility index (Phi) is 4.48. The van der Waals surface area contributed by atoms with Crippen LogP contribution in [0.1, 0.15) is 24.4 Å². The summed E-state index contributed by atoms with van der Waals surface area (Å²) >= 11 is 0. The second-order valence-corrected chi connectivity index (χ2v) is 4.45. The first-order chi connectivity index (χ1) is 9.16. The van der Waals surface area contributed by atoms with Crippen LogP contribution in [-0.2, 0) is 14.4 Å². The van der Waals surface area contributed by atoms with E-state index in [4.69, 9.17) is 10.6 Å². The first kappa shape index (κ1) is 13.5. The van der Waals surface area contributed by atoms with Crippen molar-refractivity contribution < 1.29 is 14.4 Å². The molecule has 1 aromatic rings. The molecule has 1 saturated heterocycles. The molecule has 1 aliphatic rings. The monoisotopic (exact) mass is 263 g/mol. The molecule has 0 aromatic heterocycles. The molecule has 6 heteroatoms. The van der Waals surface area contributed by atoms with Crippen LogP contribution in [0, 0.1) is 0 Å². The van der Waals surface area contributed by atoms with E-state index in [2.05, 4.69) is 10.8 Å². The van der Waals surface area contributed by atoms with Crippen LogP contribution in [-0.4, -0.2) is 24.5 Å². The number of hydrogen-bond acceptors (Lipinski definition) is 4. The summed E-state index contributed by atoms with van der Waals surface area (Å²) in [5.74, 6) is -0.516. The summed E-state index contributed by atoms with van der Waals surface area (Å²) in [6, 6.07) is 8.83. The maximum Gasteiger partial charge on any atom is 0.268 e. The van der Waals surface area contributed by atoms with E-state index in [0.29, 0.717) is 6.42 Å². The fourth-order valence-corrected chi connectivity index (χ4v) is 1.87. The highest BCUT2D eigenvalue weighted by atomic mass is 16.7. The second-order valence-electron chi connectivity index (χ2n) is 4.45. The van der Waals surface area contributed by atoms with Gasteiger partial charge in [-0.25, -0.2) is 5.48 Å². The number of hydroxylamine groups is 1. The lowest BCUT2D eigenvalue weighted by molar-refractivity contribution is -0.128. The maximum absolute atomic E-state index is 11.7. The predicted molar refractivity (Wildman–Crippen MR) is 68.6 cm³/mol. The standard InChI is InChI=1S/C13H17N3O3/c14-10(9-4-2-1-3-5-9)6-7-12(17)15-11-8-19-16-13(11)18/h1-5,10-11H,6-8,14H2,(H,15,17)(H,16,18)/t10?,11-/m1/s1. The number of carbonyl (C=O) groups excluding carboxylic acids is 2. The first-order valence-corrected chi connectivity index (χ1v) is 6.18. The van der Waals surface area contributed by atoms with Crippen molar-refractivity contribution in [3.05, 3.63) is 35.9 Å². The van der Waals surface area contributed by atoms with E-state index in [0.717, 1.165) is 5.56 Å². The SMILES string of the molecule is NC(CCC(=O)N[C@@H]1CONC1=O)c1ccccc1. The van der Waals surface area contributed by atoms with Crippen LogP contribution in [0.25, 0.3) is 0 Å². The number of rotatable bonds is 5. The van der Waals surface area contributed by atoms with Gasteiger partial charge in [-0.2, -0.15) is 0 Å². The number of nitrogens with two attached hydrogens (primary N) is 1. The molecule has 1 aromatic carbocycles. The van der Waals surface area contributed by atoms with Crippen LogP contribution < -0.4 is 16.5 Å². The van der Waals surface area contributed by atoms with Gasteiger partial charge in [0.1, 0.15) is 12.6 Å². The molecule has 0 bridgehead atoms. The summed E-state index contributed by atoms with van der Waals surface area (Å²) in [4.78, 5) is 27.6. The van der Waals surface area contributed by atoms with Gasteiger partial charge >= 0.3 is 0 Å². The van der Waals surface area contributed by atoms with Gasteiger partial charge in [0.2, 0.25) is 5.91 Å². The van der Waals surface area contributed by atoms with Gasteiger partial charge in [-0.3, -0.25) is 14.4 Å². The Bertz CT molecular complexity index is 450. The highest BCUT2D eigenvalue weighted by Crippen LogP contribution is 2.14. The van der Waals surface area contributed by atoms with E-state index in [1.165, 1.54) is 0 Å². The summed E-state index contributed by atoms with van der Waals surface area (Å²) in [6.07, 6.45) is 0.810. The minimum atomic E-state index is -0.597. The molecule has 2 rings (SSSR count). The lowest BCUT2D eigenvalue weighted by atomic mass is 10.0. The number of carbonyl (C=O) groups is 2. The lowest BCUT2D eigenvalue weighted by Crippen LogP contribution is -2.41. The van der Waals surface area contributed by atoms with Crippen molar-refractivity contribution in [2.24, 2.45) is 5.73 Å². The van der Waals surface area contributed by atoms with Crippen LogP contribution in [0.4, 0.5) is 0 Å². The Morgan fingerprint density at radius 2 is 2.21 bits per heavy atom. The van der Waals surface area contributed by atoms with Gasteiger partial charge in [0, 0.05) is 12.5 Å². The lowest BCUT2D eigenvalue weighted by Gasteiger charge is -2.13. The molecule has 1 heterocycles. The largest absolute Gasteiger partial charge is 0.342 e. The zero-order valence-electron chi connectivity index (χ0n) is 10.5. The van der Waals surface area contributed by atoms with Gasteiger partial charge in [0.15, 0.2) is 0 Å². The normalized spacial score (nSPS) is 19.8. The van der Waals surface area contributed by atoms with Crippen LogP contribution in [0.3, 0.4) is 0 Å². The van der Waals surface area contributed by atoms with Crippen molar-refractivity contribution in [1.82, 2.24) is 10.8 Å². The topological polar surface area (TPSA) is 93.5 Å². The van der Waals surface area contributed by atoms with Crippen molar-refractivity contribution in [1.29, 1.82) is 0 Å². The van der Waals surface area contributed by atoms with E-state index in [1.807, 2.05) is 30.3 Å². The molecule has 0 saturated carbocycles. The van der Waals surface area contributed by atoms with E-state index in [-0.39, 0.29) is 30.9 Å². The zero-order valence-corrected chi connectivity index (χ0v) is 10.5. The van der Waals surface area contributed by atoms with Crippen LogP contribution >= 0.6 is 0 Å². The summed E-state index contributed by atoms with van der Waals surface area (Å²) in [6.45, 7) is 0.162. The molecular formula is C13H17N3O3. The molecule has 2 amide bonds. The van der Waals surface area contributed by atoms with Crippen molar-refractivity contribution >= 4 is 11.8 Å². The molecule has 0 radical (unpaired) electrons. The van der Waals surface area contributed by atoms with Gasteiger partial charge in [-0.1, -0.05) is 30.3 Å². The molecule has 2 atom stereocenters. The molecule has 1 aliphatic heterocycles. The molecule has 6 nitrogen and oxygen atoms in total. The average Bonchev–Trinajstić information content (AvgIpc) is 2.82. The Labute approximate surface area is 111 Å². The molecule has 102 valence electrons. The number of amides is 2. The van der Waals surface area contributed by atoms with Crippen molar-refractivity contribution in [3.63, 3.8) is 0 Å². The Balaban J connectivity index is 1.76. The predicted octanol–water partition coefficient (Wildman–Crippen LogP) is 0.0128. The molecule has 1 fully saturated rings. The second kappa shape index (κ2) is 6.31. The minimum Gasteiger partial charge on any atom is -0.342 e. The summed E-state index contributed by atoms with van der Waals surface area (Å²) in [5.41, 5.74) is 9.18. The zero-order chi connectivity index (χ0) is 13.7. The summed E-state index contributed by atoms with van der Waals surface area (Å²) < 4.78 is 0.